The van der Waals surface area contributed by atoms with Crippen LogP contribution < -0.4 is 5.43 Å². The van der Waals surface area contributed by atoms with Crippen LogP contribution in [0.25, 0.3) is 22.5 Å². The van der Waals surface area contributed by atoms with Crippen molar-refractivity contribution in [3.8, 4) is 22.5 Å². The first kappa shape index (κ1) is 21.7. The maximum Gasteiger partial charge on any atom is 0.335 e. The minimum atomic E-state index is -0.844. The van der Waals surface area contributed by atoms with Crippen LogP contribution in [0, 0.1) is 0 Å². The molecule has 1 atom stereocenters. The monoisotopic (exact) mass is 432 g/mol. The van der Waals surface area contributed by atoms with Crippen molar-refractivity contribution in [3.05, 3.63) is 65.4 Å². The fourth-order valence-electron chi connectivity index (χ4n) is 4.15. The summed E-state index contributed by atoms with van der Waals surface area (Å²) >= 11 is 0. The number of benzene rings is 2. The van der Waals surface area contributed by atoms with E-state index in [1.165, 1.54) is 0 Å². The van der Waals surface area contributed by atoms with Crippen LogP contribution in [0.15, 0.2) is 59.8 Å². The summed E-state index contributed by atoms with van der Waals surface area (Å²) in [5.41, 5.74) is 8.77. The summed E-state index contributed by atoms with van der Waals surface area (Å²) in [5, 5.41) is 26.3. The van der Waals surface area contributed by atoms with Crippen molar-refractivity contribution in [2.24, 2.45) is 0 Å². The minimum absolute atomic E-state index is 0.152. The Hall–Kier alpha value is -3.52. The molecule has 4 rings (SSSR count). The van der Waals surface area contributed by atoms with Crippen LogP contribution >= 0.6 is 0 Å². The molecule has 0 saturated heterocycles. The van der Waals surface area contributed by atoms with E-state index in [0.29, 0.717) is 17.8 Å². The standard InChI is InChI=1S/C24H28N6O2/c1-3-5-14-30-21(22(24(31)32)20(4-2)27-30)15-16-10-12-17(13-11-16)18-8-6-7-9-19(18)23-25-28-29-26-23/h6-13,20,27H,3-5,14-15H2,1-2H3,(H,31,32)(H,25,26,28,29). The smallest absolute Gasteiger partial charge is 0.335 e. The van der Waals surface area contributed by atoms with Crippen LogP contribution in [0.2, 0.25) is 0 Å². The Balaban J connectivity index is 1.62. The number of carboxylic acids is 1. The highest BCUT2D eigenvalue weighted by Gasteiger charge is 2.33. The molecule has 0 bridgehead atoms. The Morgan fingerprint density at radius 1 is 1.09 bits per heavy atom. The van der Waals surface area contributed by atoms with Gasteiger partial charge in [-0.3, -0.25) is 0 Å². The van der Waals surface area contributed by atoms with Gasteiger partial charge in [-0.15, -0.1) is 10.2 Å². The quantitative estimate of drug-likeness (QED) is 0.472. The largest absolute Gasteiger partial charge is 0.478 e. The Kier molecular flexibility index (Phi) is 6.61. The van der Waals surface area contributed by atoms with Gasteiger partial charge in [0, 0.05) is 24.2 Å². The molecular formula is C24H28N6O2. The highest BCUT2D eigenvalue weighted by molar-refractivity contribution is 5.89. The van der Waals surface area contributed by atoms with Gasteiger partial charge in [-0.2, -0.15) is 5.21 Å². The van der Waals surface area contributed by atoms with Crippen molar-refractivity contribution in [2.75, 3.05) is 6.54 Å². The highest BCUT2D eigenvalue weighted by Crippen LogP contribution is 2.31. The van der Waals surface area contributed by atoms with Crippen molar-refractivity contribution in [3.63, 3.8) is 0 Å². The van der Waals surface area contributed by atoms with E-state index in [0.717, 1.165) is 53.8 Å². The van der Waals surface area contributed by atoms with Gasteiger partial charge in [-0.1, -0.05) is 68.8 Å². The van der Waals surface area contributed by atoms with E-state index in [2.05, 4.69) is 57.2 Å². The minimum Gasteiger partial charge on any atom is -0.478 e. The second-order valence-electron chi connectivity index (χ2n) is 7.92. The van der Waals surface area contributed by atoms with Gasteiger partial charge in [0.1, 0.15) is 0 Å². The average molecular weight is 433 g/mol. The van der Waals surface area contributed by atoms with Crippen molar-refractivity contribution in [1.29, 1.82) is 0 Å². The molecule has 0 aliphatic carbocycles. The number of hydrogen-bond donors (Lipinski definition) is 3. The van der Waals surface area contributed by atoms with Gasteiger partial charge in [0.2, 0.25) is 5.82 Å². The van der Waals surface area contributed by atoms with E-state index in [4.69, 9.17) is 0 Å². The van der Waals surface area contributed by atoms with Gasteiger partial charge in [0.05, 0.1) is 11.6 Å². The summed E-state index contributed by atoms with van der Waals surface area (Å²) < 4.78 is 0. The van der Waals surface area contributed by atoms with Crippen LogP contribution in [0.1, 0.15) is 38.7 Å². The molecule has 1 aromatic heterocycles. The zero-order valence-electron chi connectivity index (χ0n) is 18.4. The number of nitrogens with one attached hydrogen (secondary N) is 2. The SMILES string of the molecule is CCCCN1NC(CC)C(C(=O)O)=C1Cc1ccc(-c2ccccc2-c2nn[nH]n2)cc1. The Morgan fingerprint density at radius 2 is 1.84 bits per heavy atom. The first-order valence-electron chi connectivity index (χ1n) is 11.0. The van der Waals surface area contributed by atoms with Gasteiger partial charge in [0.25, 0.3) is 0 Å². The second kappa shape index (κ2) is 9.74. The molecular weight excluding hydrogens is 404 g/mol. The summed E-state index contributed by atoms with van der Waals surface area (Å²) in [7, 11) is 0. The van der Waals surface area contributed by atoms with E-state index < -0.39 is 5.97 Å². The zero-order chi connectivity index (χ0) is 22.5. The molecule has 1 aliphatic heterocycles. The third-order valence-electron chi connectivity index (χ3n) is 5.82. The summed E-state index contributed by atoms with van der Waals surface area (Å²) in [6, 6.07) is 16.0. The molecule has 1 unspecified atom stereocenters. The molecule has 3 N–H and O–H groups in total. The lowest BCUT2D eigenvalue weighted by molar-refractivity contribution is -0.133. The van der Waals surface area contributed by atoms with Gasteiger partial charge in [-0.25, -0.2) is 10.2 Å². The van der Waals surface area contributed by atoms with Gasteiger partial charge >= 0.3 is 5.97 Å². The van der Waals surface area contributed by atoms with Gasteiger partial charge < -0.3 is 10.1 Å². The maximum absolute atomic E-state index is 12.0. The van der Waals surface area contributed by atoms with E-state index >= 15 is 0 Å². The Labute approximate surface area is 187 Å². The number of aromatic nitrogens is 4. The van der Waals surface area contributed by atoms with Crippen molar-refractivity contribution in [1.82, 2.24) is 31.1 Å². The van der Waals surface area contributed by atoms with E-state index in [9.17, 15) is 9.90 Å². The summed E-state index contributed by atoms with van der Waals surface area (Å²) in [5.74, 6) is -0.292. The fraction of sp³-hybridized carbons (Fsp3) is 0.333. The number of hydrazine groups is 1. The molecule has 1 aliphatic rings. The third kappa shape index (κ3) is 4.40. The molecule has 2 aromatic carbocycles. The molecule has 0 radical (unpaired) electrons. The number of carbonyl (C=O) groups is 1. The number of unbranched alkanes of at least 4 members (excludes halogenated alkanes) is 1. The number of H-pyrrole nitrogens is 1. The van der Waals surface area contributed by atoms with Crippen LogP contribution in [0.3, 0.4) is 0 Å². The maximum atomic E-state index is 12.0. The molecule has 32 heavy (non-hydrogen) atoms. The number of aliphatic carboxylic acids is 1. The Bertz CT molecular complexity index is 1090. The summed E-state index contributed by atoms with van der Waals surface area (Å²) in [6.45, 7) is 4.95. The predicted octanol–water partition coefficient (Wildman–Crippen LogP) is 3.81. The number of carboxylic acid groups (broad SMARTS) is 1. The number of tetrazole rings is 1. The fourth-order valence-corrected chi connectivity index (χ4v) is 4.15. The van der Waals surface area contributed by atoms with Crippen molar-refractivity contribution >= 4 is 5.97 Å². The molecule has 0 saturated carbocycles. The summed E-state index contributed by atoms with van der Waals surface area (Å²) in [6.07, 6.45) is 3.37. The van der Waals surface area contributed by atoms with E-state index in [-0.39, 0.29) is 6.04 Å². The highest BCUT2D eigenvalue weighted by atomic mass is 16.4. The number of hydrogen-bond acceptors (Lipinski definition) is 6. The average Bonchev–Trinajstić information content (AvgIpc) is 3.46. The van der Waals surface area contributed by atoms with Crippen LogP contribution in [-0.4, -0.2) is 49.3 Å². The molecule has 2 heterocycles. The first-order valence-corrected chi connectivity index (χ1v) is 11.0. The first-order chi connectivity index (χ1) is 15.6. The lowest BCUT2D eigenvalue weighted by Gasteiger charge is -2.23. The lowest BCUT2D eigenvalue weighted by atomic mass is 9.96. The molecule has 8 nitrogen and oxygen atoms in total. The number of aromatic amines is 1. The molecule has 0 amide bonds. The molecule has 3 aromatic rings. The third-order valence-corrected chi connectivity index (χ3v) is 5.82. The van der Waals surface area contributed by atoms with E-state index in [1.54, 1.807) is 0 Å². The number of rotatable bonds is 9. The van der Waals surface area contributed by atoms with E-state index in [1.807, 2.05) is 36.2 Å². The van der Waals surface area contributed by atoms with Gasteiger partial charge in [0.15, 0.2) is 0 Å². The number of nitrogens with zero attached hydrogens (tertiary/aromatic N) is 4. The Morgan fingerprint density at radius 3 is 2.47 bits per heavy atom. The normalized spacial score (nSPS) is 16.1. The summed E-state index contributed by atoms with van der Waals surface area (Å²) in [4.78, 5) is 12.0. The van der Waals surface area contributed by atoms with Crippen LogP contribution in [0.4, 0.5) is 0 Å². The molecule has 8 heteroatoms. The topological polar surface area (TPSA) is 107 Å². The predicted molar refractivity (Wildman–Crippen MR) is 122 cm³/mol. The van der Waals surface area contributed by atoms with Crippen molar-refractivity contribution < 1.29 is 9.90 Å². The molecule has 0 fully saturated rings. The molecule has 0 spiro atoms. The number of allylic oxidation sites excluding steroid dienone is 1. The molecule has 166 valence electrons. The zero-order valence-corrected chi connectivity index (χ0v) is 18.4. The second-order valence-corrected chi connectivity index (χ2v) is 7.92. The van der Waals surface area contributed by atoms with Gasteiger partial charge in [-0.05, 0) is 34.7 Å². The van der Waals surface area contributed by atoms with Crippen LogP contribution in [-0.2, 0) is 11.2 Å². The van der Waals surface area contributed by atoms with Crippen molar-refractivity contribution in [2.45, 2.75) is 45.6 Å². The lowest BCUT2D eigenvalue weighted by Crippen LogP contribution is -2.38. The van der Waals surface area contributed by atoms with Crippen LogP contribution in [0.5, 0.6) is 0 Å².